The van der Waals surface area contributed by atoms with Gasteiger partial charge in [0, 0.05) is 12.1 Å². The van der Waals surface area contributed by atoms with Crippen molar-refractivity contribution in [2.75, 3.05) is 0 Å². The van der Waals surface area contributed by atoms with Crippen LogP contribution in [0.4, 0.5) is 0 Å². The summed E-state index contributed by atoms with van der Waals surface area (Å²) in [7, 11) is 0. The first kappa shape index (κ1) is 19.1. The summed E-state index contributed by atoms with van der Waals surface area (Å²) in [4.78, 5) is 9.53. The molecule has 3 aromatic heterocycles. The van der Waals surface area contributed by atoms with Crippen LogP contribution >= 0.6 is 0 Å². The molecule has 5 rings (SSSR count). The topological polar surface area (TPSA) is 105 Å². The molecule has 0 saturated heterocycles. The van der Waals surface area contributed by atoms with Crippen molar-refractivity contribution >= 4 is 11.2 Å². The minimum absolute atomic E-state index is 0.516. The number of hydrogen-bond acceptors (Lipinski definition) is 6. The van der Waals surface area contributed by atoms with Crippen LogP contribution in [-0.4, -0.2) is 40.3 Å². The van der Waals surface area contributed by atoms with Crippen LogP contribution in [0.1, 0.15) is 29.6 Å². The first-order valence-electron chi connectivity index (χ1n) is 10.1. The van der Waals surface area contributed by atoms with Crippen molar-refractivity contribution in [1.82, 2.24) is 35.2 Å². The number of rotatable bonds is 5. The zero-order valence-corrected chi connectivity index (χ0v) is 17.2. The number of aromatic amines is 1. The molecule has 0 fully saturated rings. The number of nitrogens with zero attached hydrogens (tertiary/aromatic N) is 6. The lowest BCUT2D eigenvalue weighted by atomic mass is 9.85. The van der Waals surface area contributed by atoms with E-state index in [0.717, 1.165) is 27.9 Å². The molecule has 0 aliphatic rings. The zero-order chi connectivity index (χ0) is 21.4. The number of imidazole rings is 1. The molecule has 31 heavy (non-hydrogen) atoms. The van der Waals surface area contributed by atoms with E-state index in [-0.39, 0.29) is 0 Å². The first-order chi connectivity index (χ1) is 15.1. The predicted molar refractivity (Wildman–Crippen MR) is 116 cm³/mol. The smallest absolute Gasteiger partial charge is 0.181 e. The summed E-state index contributed by atoms with van der Waals surface area (Å²) in [6.45, 7) is 4.52. The molecule has 0 saturated carbocycles. The summed E-state index contributed by atoms with van der Waals surface area (Å²) in [6, 6.07) is 21.1. The molecule has 3 heterocycles. The van der Waals surface area contributed by atoms with Crippen molar-refractivity contribution in [2.45, 2.75) is 26.0 Å². The van der Waals surface area contributed by atoms with Crippen molar-refractivity contribution in [3.8, 4) is 11.4 Å². The van der Waals surface area contributed by atoms with Gasteiger partial charge in [-0.25, -0.2) is 15.1 Å². The van der Waals surface area contributed by atoms with Gasteiger partial charge < -0.3 is 9.67 Å². The molecule has 0 aliphatic heterocycles. The Labute approximate surface area is 178 Å². The Morgan fingerprint density at radius 1 is 0.968 bits per heavy atom. The molecule has 2 aromatic carbocycles. The van der Waals surface area contributed by atoms with E-state index in [4.69, 9.17) is 9.97 Å². The molecular weight excluding hydrogens is 390 g/mol. The van der Waals surface area contributed by atoms with Gasteiger partial charge in [-0.2, -0.15) is 0 Å². The molecule has 0 amide bonds. The minimum atomic E-state index is -1.44. The van der Waals surface area contributed by atoms with Crippen molar-refractivity contribution in [1.29, 1.82) is 0 Å². The van der Waals surface area contributed by atoms with E-state index in [0.29, 0.717) is 23.8 Å². The van der Waals surface area contributed by atoms with Gasteiger partial charge in [0.25, 0.3) is 0 Å². The molecular formula is C23H21N7O. The molecule has 0 aliphatic carbocycles. The maximum Gasteiger partial charge on any atom is 0.181 e. The van der Waals surface area contributed by atoms with Gasteiger partial charge >= 0.3 is 0 Å². The maximum absolute atomic E-state index is 12.2. The maximum atomic E-state index is 12.2. The van der Waals surface area contributed by atoms with E-state index in [1.165, 1.54) is 0 Å². The van der Waals surface area contributed by atoms with Gasteiger partial charge in [-0.05, 0) is 41.5 Å². The highest BCUT2D eigenvalue weighted by molar-refractivity contribution is 5.79. The van der Waals surface area contributed by atoms with Gasteiger partial charge in [0.15, 0.2) is 22.9 Å². The Balaban J connectivity index is 1.81. The summed E-state index contributed by atoms with van der Waals surface area (Å²) >= 11 is 0. The van der Waals surface area contributed by atoms with Crippen LogP contribution in [0, 0.1) is 6.92 Å². The summed E-state index contributed by atoms with van der Waals surface area (Å²) in [5.74, 6) is 1.06. The second-order valence-electron chi connectivity index (χ2n) is 7.34. The van der Waals surface area contributed by atoms with E-state index in [1.54, 1.807) is 0 Å². The summed E-state index contributed by atoms with van der Waals surface area (Å²) in [5.41, 5.74) is 2.95. The standard InChI is InChI=1S/C23H21N7O/c1-3-30-19-14-18(20-26-28-29-27-20)15(2)24-21(19)25-22(30)23(31,16-10-6-4-7-11-16)17-12-8-5-9-13-17/h4-14,31H,3H2,1-2H3,(H,26,27,28,29). The highest BCUT2D eigenvalue weighted by atomic mass is 16.3. The lowest BCUT2D eigenvalue weighted by Gasteiger charge is -2.29. The van der Waals surface area contributed by atoms with Crippen LogP contribution in [-0.2, 0) is 12.1 Å². The molecule has 8 heteroatoms. The average Bonchev–Trinajstić information content (AvgIpc) is 3.47. The molecule has 0 unspecified atom stereocenters. The molecule has 0 radical (unpaired) electrons. The predicted octanol–water partition coefficient (Wildman–Crippen LogP) is 3.22. The van der Waals surface area contributed by atoms with Gasteiger partial charge in [0.2, 0.25) is 0 Å². The first-order valence-corrected chi connectivity index (χ1v) is 10.1. The van der Waals surface area contributed by atoms with Crippen molar-refractivity contribution in [3.05, 3.63) is 89.4 Å². The van der Waals surface area contributed by atoms with Crippen LogP contribution in [0.25, 0.3) is 22.6 Å². The number of nitrogens with one attached hydrogen (secondary N) is 1. The van der Waals surface area contributed by atoms with Crippen LogP contribution in [0.2, 0.25) is 0 Å². The van der Waals surface area contributed by atoms with Crippen molar-refractivity contribution in [2.24, 2.45) is 0 Å². The number of aromatic nitrogens is 7. The van der Waals surface area contributed by atoms with Crippen LogP contribution in [0.5, 0.6) is 0 Å². The van der Waals surface area contributed by atoms with Crippen molar-refractivity contribution < 1.29 is 5.11 Å². The molecule has 8 nitrogen and oxygen atoms in total. The Kier molecular flexibility index (Phi) is 4.56. The number of hydrogen-bond donors (Lipinski definition) is 2. The van der Waals surface area contributed by atoms with Gasteiger partial charge in [-0.15, -0.1) is 5.10 Å². The number of aryl methyl sites for hydroxylation is 2. The van der Waals surface area contributed by atoms with Gasteiger partial charge in [0.05, 0.1) is 11.2 Å². The highest BCUT2D eigenvalue weighted by Gasteiger charge is 2.39. The molecule has 0 atom stereocenters. The summed E-state index contributed by atoms with van der Waals surface area (Å²) in [5, 5.41) is 26.4. The molecule has 0 spiro atoms. The van der Waals surface area contributed by atoms with E-state index in [2.05, 4.69) is 20.6 Å². The van der Waals surface area contributed by atoms with E-state index in [9.17, 15) is 5.11 Å². The third-order valence-corrected chi connectivity index (χ3v) is 5.56. The second kappa shape index (κ2) is 7.41. The van der Waals surface area contributed by atoms with Gasteiger partial charge in [0.1, 0.15) is 0 Å². The Hall–Kier alpha value is -3.91. The fourth-order valence-electron chi connectivity index (χ4n) is 4.03. The molecule has 5 aromatic rings. The Bertz CT molecular complexity index is 1290. The SMILES string of the molecule is CCn1c(C(O)(c2ccccc2)c2ccccc2)nc2nc(C)c(-c3nnn[nH]3)cc21. The van der Waals surface area contributed by atoms with Gasteiger partial charge in [-0.1, -0.05) is 60.7 Å². The summed E-state index contributed by atoms with van der Waals surface area (Å²) < 4.78 is 2.00. The second-order valence-corrected chi connectivity index (χ2v) is 7.34. The number of fused-ring (bicyclic) bond motifs is 1. The molecule has 2 N–H and O–H groups in total. The summed E-state index contributed by atoms with van der Waals surface area (Å²) in [6.07, 6.45) is 0. The normalized spacial score (nSPS) is 11.8. The van der Waals surface area contributed by atoms with E-state index < -0.39 is 5.60 Å². The molecule has 0 bridgehead atoms. The number of H-pyrrole nitrogens is 1. The van der Waals surface area contributed by atoms with Crippen LogP contribution < -0.4 is 0 Å². The fourth-order valence-corrected chi connectivity index (χ4v) is 4.03. The zero-order valence-electron chi connectivity index (χ0n) is 17.2. The third-order valence-electron chi connectivity index (χ3n) is 5.56. The fraction of sp³-hybridized carbons (Fsp3) is 0.174. The van der Waals surface area contributed by atoms with Crippen LogP contribution in [0.15, 0.2) is 66.7 Å². The number of pyridine rings is 1. The lowest BCUT2D eigenvalue weighted by Crippen LogP contribution is -2.32. The Morgan fingerprint density at radius 3 is 2.16 bits per heavy atom. The lowest BCUT2D eigenvalue weighted by molar-refractivity contribution is 0.112. The quantitative estimate of drug-likeness (QED) is 0.460. The van der Waals surface area contributed by atoms with E-state index >= 15 is 0 Å². The molecule has 154 valence electrons. The Morgan fingerprint density at radius 2 is 1.61 bits per heavy atom. The monoisotopic (exact) mass is 411 g/mol. The average molecular weight is 411 g/mol. The number of benzene rings is 2. The number of aliphatic hydroxyl groups is 1. The van der Waals surface area contributed by atoms with Crippen LogP contribution in [0.3, 0.4) is 0 Å². The minimum Gasteiger partial charge on any atom is -0.373 e. The van der Waals surface area contributed by atoms with Crippen molar-refractivity contribution in [3.63, 3.8) is 0 Å². The largest absolute Gasteiger partial charge is 0.373 e. The third kappa shape index (κ3) is 3.00. The number of tetrazole rings is 1. The van der Waals surface area contributed by atoms with E-state index in [1.807, 2.05) is 85.1 Å². The van der Waals surface area contributed by atoms with Gasteiger partial charge in [-0.3, -0.25) is 0 Å². The highest BCUT2D eigenvalue weighted by Crippen LogP contribution is 2.38.